The highest BCUT2D eigenvalue weighted by Crippen LogP contribution is 2.24. The molecule has 1 aromatic heterocycles. The summed E-state index contributed by atoms with van der Waals surface area (Å²) in [5.74, 6) is 0. The number of piperidine rings is 1. The molecule has 0 spiro atoms. The summed E-state index contributed by atoms with van der Waals surface area (Å²) in [7, 11) is 0. The highest BCUT2D eigenvalue weighted by Gasteiger charge is 2.23. The van der Waals surface area contributed by atoms with Gasteiger partial charge < -0.3 is 9.88 Å². The molecule has 1 saturated heterocycles. The maximum Gasteiger partial charge on any atom is 0.326 e. The van der Waals surface area contributed by atoms with Gasteiger partial charge in [0.2, 0.25) is 0 Å². The molecule has 0 atom stereocenters. The van der Waals surface area contributed by atoms with Crippen molar-refractivity contribution in [1.29, 1.82) is 0 Å². The van der Waals surface area contributed by atoms with Gasteiger partial charge in [-0.1, -0.05) is 42.5 Å². The van der Waals surface area contributed by atoms with Gasteiger partial charge in [-0.2, -0.15) is 0 Å². The van der Waals surface area contributed by atoms with E-state index in [2.05, 4.69) is 40.2 Å². The van der Waals surface area contributed by atoms with Gasteiger partial charge in [-0.05, 0) is 49.9 Å². The van der Waals surface area contributed by atoms with E-state index in [-0.39, 0.29) is 5.69 Å². The molecule has 0 saturated carbocycles. The maximum absolute atomic E-state index is 12.3. The van der Waals surface area contributed by atoms with Gasteiger partial charge in [0.1, 0.15) is 0 Å². The zero-order chi connectivity index (χ0) is 17.1. The van der Waals surface area contributed by atoms with Crippen molar-refractivity contribution in [2.24, 2.45) is 0 Å². The van der Waals surface area contributed by atoms with Crippen LogP contribution in [0.5, 0.6) is 0 Å². The molecule has 2 aromatic carbocycles. The van der Waals surface area contributed by atoms with Crippen molar-refractivity contribution in [3.63, 3.8) is 0 Å². The first-order chi connectivity index (χ1) is 12.3. The van der Waals surface area contributed by atoms with Gasteiger partial charge in [-0.3, -0.25) is 4.57 Å². The average Bonchev–Trinajstić information content (AvgIpc) is 2.99. The second-order valence-electron chi connectivity index (χ2n) is 6.98. The molecule has 1 N–H and O–H groups in total. The predicted molar refractivity (Wildman–Crippen MR) is 102 cm³/mol. The summed E-state index contributed by atoms with van der Waals surface area (Å²) < 4.78 is 1.97. The molecule has 25 heavy (non-hydrogen) atoms. The van der Waals surface area contributed by atoms with Crippen LogP contribution >= 0.6 is 0 Å². The van der Waals surface area contributed by atoms with E-state index < -0.39 is 0 Å². The number of aryl methyl sites for hydroxylation is 1. The number of rotatable bonds is 5. The van der Waals surface area contributed by atoms with E-state index in [9.17, 15) is 4.79 Å². The molecule has 4 heteroatoms. The summed E-state index contributed by atoms with van der Waals surface area (Å²) in [5, 5.41) is 0. The van der Waals surface area contributed by atoms with E-state index in [1.165, 1.54) is 12.0 Å². The van der Waals surface area contributed by atoms with Gasteiger partial charge in [0.25, 0.3) is 0 Å². The molecule has 130 valence electrons. The van der Waals surface area contributed by atoms with Crippen LogP contribution in [0.15, 0.2) is 59.4 Å². The van der Waals surface area contributed by atoms with Crippen LogP contribution in [0.1, 0.15) is 30.9 Å². The molecule has 1 aliphatic rings. The monoisotopic (exact) mass is 335 g/mol. The number of aromatic nitrogens is 2. The number of hydrogen-bond donors (Lipinski definition) is 1. The van der Waals surface area contributed by atoms with Crippen molar-refractivity contribution < 1.29 is 0 Å². The minimum Gasteiger partial charge on any atom is -0.306 e. The van der Waals surface area contributed by atoms with Gasteiger partial charge in [0.05, 0.1) is 11.0 Å². The van der Waals surface area contributed by atoms with Crippen molar-refractivity contribution in [2.45, 2.75) is 31.7 Å². The van der Waals surface area contributed by atoms with E-state index in [4.69, 9.17) is 0 Å². The Morgan fingerprint density at radius 1 is 0.960 bits per heavy atom. The Morgan fingerprint density at radius 3 is 2.48 bits per heavy atom. The molecule has 1 aliphatic heterocycles. The van der Waals surface area contributed by atoms with Crippen LogP contribution in [-0.4, -0.2) is 34.1 Å². The quantitative estimate of drug-likeness (QED) is 0.774. The predicted octanol–water partition coefficient (Wildman–Crippen LogP) is 3.60. The molecule has 0 radical (unpaired) electrons. The molecule has 1 fully saturated rings. The number of nitrogens with zero attached hydrogens (tertiary/aromatic N) is 2. The lowest BCUT2D eigenvalue weighted by molar-refractivity contribution is 0.185. The first kappa shape index (κ1) is 16.2. The fourth-order valence-electron chi connectivity index (χ4n) is 3.99. The zero-order valence-electron chi connectivity index (χ0n) is 14.5. The number of fused-ring (bicyclic) bond motifs is 1. The van der Waals surface area contributed by atoms with Crippen LogP contribution in [0, 0.1) is 0 Å². The van der Waals surface area contributed by atoms with Crippen molar-refractivity contribution >= 4 is 11.0 Å². The van der Waals surface area contributed by atoms with E-state index in [1.807, 2.05) is 28.8 Å². The number of H-pyrrole nitrogens is 1. The van der Waals surface area contributed by atoms with Crippen LogP contribution in [0.3, 0.4) is 0 Å². The minimum atomic E-state index is 0.0312. The SMILES string of the molecule is O=c1[nH]c2ccccc2n1C1CCN(CCCc2ccccc2)CC1. The van der Waals surface area contributed by atoms with Gasteiger partial charge in [-0.15, -0.1) is 0 Å². The lowest BCUT2D eigenvalue weighted by Gasteiger charge is -2.32. The Balaban J connectivity index is 1.34. The van der Waals surface area contributed by atoms with Crippen LogP contribution < -0.4 is 5.69 Å². The summed E-state index contributed by atoms with van der Waals surface area (Å²) in [6, 6.07) is 19.0. The topological polar surface area (TPSA) is 41.0 Å². The average molecular weight is 335 g/mol. The van der Waals surface area contributed by atoms with Crippen LogP contribution in [0.25, 0.3) is 11.0 Å². The van der Waals surface area contributed by atoms with E-state index in [0.717, 1.165) is 49.9 Å². The molecule has 0 amide bonds. The first-order valence-electron chi connectivity index (χ1n) is 9.27. The molecular weight excluding hydrogens is 310 g/mol. The standard InChI is InChI=1S/C21H25N3O/c25-21-22-19-10-4-5-11-20(19)24(21)18-12-15-23(16-13-18)14-6-9-17-7-2-1-3-8-17/h1-5,7-8,10-11,18H,6,9,12-16H2,(H,22,25). The Labute approximate surface area is 148 Å². The van der Waals surface area contributed by atoms with Gasteiger partial charge >= 0.3 is 5.69 Å². The number of para-hydroxylation sites is 2. The van der Waals surface area contributed by atoms with E-state index >= 15 is 0 Å². The lowest BCUT2D eigenvalue weighted by atomic mass is 10.0. The molecule has 4 nitrogen and oxygen atoms in total. The van der Waals surface area contributed by atoms with E-state index in [0.29, 0.717) is 6.04 Å². The molecule has 3 aromatic rings. The van der Waals surface area contributed by atoms with Crippen molar-refractivity contribution in [3.8, 4) is 0 Å². The first-order valence-corrected chi connectivity index (χ1v) is 9.27. The van der Waals surface area contributed by atoms with Crippen molar-refractivity contribution in [2.75, 3.05) is 19.6 Å². The minimum absolute atomic E-state index is 0.0312. The Hall–Kier alpha value is -2.33. The number of aromatic amines is 1. The van der Waals surface area contributed by atoms with Crippen molar-refractivity contribution in [3.05, 3.63) is 70.6 Å². The third-order valence-electron chi connectivity index (χ3n) is 5.33. The summed E-state index contributed by atoms with van der Waals surface area (Å²) >= 11 is 0. The lowest BCUT2D eigenvalue weighted by Crippen LogP contribution is -2.37. The molecule has 2 heterocycles. The van der Waals surface area contributed by atoms with Crippen molar-refractivity contribution in [1.82, 2.24) is 14.5 Å². The molecule has 0 bridgehead atoms. The number of nitrogens with one attached hydrogen (secondary N) is 1. The van der Waals surface area contributed by atoms with Gasteiger partial charge in [0, 0.05) is 19.1 Å². The Bertz CT molecular complexity index is 873. The number of benzene rings is 2. The molecule has 0 unspecified atom stereocenters. The Morgan fingerprint density at radius 2 is 1.68 bits per heavy atom. The molecule has 0 aliphatic carbocycles. The third-order valence-corrected chi connectivity index (χ3v) is 5.33. The van der Waals surface area contributed by atoms with Crippen LogP contribution in [0.2, 0.25) is 0 Å². The number of imidazole rings is 1. The zero-order valence-corrected chi connectivity index (χ0v) is 14.5. The van der Waals surface area contributed by atoms with E-state index in [1.54, 1.807) is 0 Å². The van der Waals surface area contributed by atoms with Crippen LogP contribution in [0.4, 0.5) is 0 Å². The number of hydrogen-bond acceptors (Lipinski definition) is 2. The summed E-state index contributed by atoms with van der Waals surface area (Å²) in [4.78, 5) is 17.9. The molecule has 4 rings (SSSR count). The highest BCUT2D eigenvalue weighted by molar-refractivity contribution is 5.75. The Kier molecular flexibility index (Phi) is 4.70. The smallest absolute Gasteiger partial charge is 0.306 e. The summed E-state index contributed by atoms with van der Waals surface area (Å²) in [5.41, 5.74) is 3.43. The molecular formula is C21H25N3O. The van der Waals surface area contributed by atoms with Gasteiger partial charge in [-0.25, -0.2) is 4.79 Å². The fourth-order valence-corrected chi connectivity index (χ4v) is 3.99. The second-order valence-corrected chi connectivity index (χ2v) is 6.98. The van der Waals surface area contributed by atoms with Crippen LogP contribution in [-0.2, 0) is 6.42 Å². The largest absolute Gasteiger partial charge is 0.326 e. The fraction of sp³-hybridized carbons (Fsp3) is 0.381. The third kappa shape index (κ3) is 3.54. The maximum atomic E-state index is 12.3. The number of likely N-dealkylation sites (tertiary alicyclic amines) is 1. The summed E-state index contributed by atoms with van der Waals surface area (Å²) in [6.07, 6.45) is 4.44. The summed E-state index contributed by atoms with van der Waals surface area (Å²) in [6.45, 7) is 3.29. The van der Waals surface area contributed by atoms with Gasteiger partial charge in [0.15, 0.2) is 0 Å². The normalized spacial score (nSPS) is 16.5. The highest BCUT2D eigenvalue weighted by atomic mass is 16.1. The second kappa shape index (κ2) is 7.28.